The number of nitrogens with zero attached hydrogens (tertiary/aromatic N) is 1. The summed E-state index contributed by atoms with van der Waals surface area (Å²) in [5.74, 6) is 0.602. The summed E-state index contributed by atoms with van der Waals surface area (Å²) in [6.45, 7) is 0.0115. The molecular formula is C14H10BrCl2NO3. The normalized spacial score (nSPS) is 10.4. The van der Waals surface area contributed by atoms with Crippen LogP contribution in [0.5, 0.6) is 5.75 Å². The van der Waals surface area contributed by atoms with Crippen LogP contribution in [0.4, 0.5) is 5.69 Å². The third-order valence-electron chi connectivity index (χ3n) is 2.83. The highest BCUT2D eigenvalue weighted by Gasteiger charge is 2.17. The van der Waals surface area contributed by atoms with E-state index in [0.717, 1.165) is 5.56 Å². The SMILES string of the molecule is O=[N+]([O-])c1cccc(Cl)c1COc1ccc(Cl)cc1CBr. The summed E-state index contributed by atoms with van der Waals surface area (Å²) in [6, 6.07) is 9.73. The molecule has 0 radical (unpaired) electrons. The van der Waals surface area contributed by atoms with Gasteiger partial charge in [-0.1, -0.05) is 45.2 Å². The first-order valence-electron chi connectivity index (χ1n) is 5.92. The highest BCUT2D eigenvalue weighted by molar-refractivity contribution is 9.08. The Labute approximate surface area is 139 Å². The Hall–Kier alpha value is -1.30. The van der Waals surface area contributed by atoms with Crippen molar-refractivity contribution >= 4 is 44.8 Å². The van der Waals surface area contributed by atoms with Crippen molar-refractivity contribution in [3.63, 3.8) is 0 Å². The summed E-state index contributed by atoms with van der Waals surface area (Å²) >= 11 is 15.3. The molecule has 0 fully saturated rings. The lowest BCUT2D eigenvalue weighted by atomic mass is 10.2. The number of ether oxygens (including phenoxy) is 1. The van der Waals surface area contributed by atoms with Gasteiger partial charge in [-0.15, -0.1) is 0 Å². The molecule has 110 valence electrons. The van der Waals surface area contributed by atoms with Gasteiger partial charge in [0.15, 0.2) is 0 Å². The molecule has 0 spiro atoms. The lowest BCUT2D eigenvalue weighted by Crippen LogP contribution is -2.02. The number of benzene rings is 2. The van der Waals surface area contributed by atoms with E-state index >= 15 is 0 Å². The maximum Gasteiger partial charge on any atom is 0.277 e. The maximum atomic E-state index is 11.0. The fourth-order valence-corrected chi connectivity index (χ4v) is 2.66. The fraction of sp³-hybridized carbons (Fsp3) is 0.143. The summed E-state index contributed by atoms with van der Waals surface area (Å²) in [6.07, 6.45) is 0. The minimum Gasteiger partial charge on any atom is -0.488 e. The van der Waals surface area contributed by atoms with Crippen molar-refractivity contribution in [2.75, 3.05) is 0 Å². The largest absolute Gasteiger partial charge is 0.488 e. The monoisotopic (exact) mass is 389 g/mol. The van der Waals surface area contributed by atoms with Gasteiger partial charge in [0.1, 0.15) is 12.4 Å². The molecule has 0 bridgehead atoms. The van der Waals surface area contributed by atoms with Gasteiger partial charge in [-0.05, 0) is 24.3 Å². The summed E-state index contributed by atoms with van der Waals surface area (Å²) in [7, 11) is 0. The van der Waals surface area contributed by atoms with E-state index in [1.807, 2.05) is 0 Å². The Morgan fingerprint density at radius 3 is 2.67 bits per heavy atom. The Morgan fingerprint density at radius 2 is 2.00 bits per heavy atom. The summed E-state index contributed by atoms with van der Waals surface area (Å²) in [5, 5.41) is 12.5. The zero-order chi connectivity index (χ0) is 15.4. The van der Waals surface area contributed by atoms with Gasteiger partial charge < -0.3 is 4.74 Å². The molecule has 0 unspecified atom stereocenters. The molecule has 0 aliphatic heterocycles. The van der Waals surface area contributed by atoms with Crippen LogP contribution in [0.1, 0.15) is 11.1 Å². The van der Waals surface area contributed by atoms with E-state index in [-0.39, 0.29) is 12.3 Å². The van der Waals surface area contributed by atoms with Crippen LogP contribution in [0.25, 0.3) is 0 Å². The summed E-state index contributed by atoms with van der Waals surface area (Å²) in [5.41, 5.74) is 1.15. The van der Waals surface area contributed by atoms with E-state index in [1.54, 1.807) is 24.3 Å². The molecule has 0 saturated carbocycles. The molecule has 7 heteroatoms. The predicted octanol–water partition coefficient (Wildman–Crippen LogP) is 5.38. The number of hydrogen-bond donors (Lipinski definition) is 0. The van der Waals surface area contributed by atoms with Gasteiger partial charge in [-0.2, -0.15) is 0 Å². The minimum atomic E-state index is -0.474. The van der Waals surface area contributed by atoms with Crippen molar-refractivity contribution < 1.29 is 9.66 Å². The maximum absolute atomic E-state index is 11.0. The fourth-order valence-electron chi connectivity index (χ4n) is 1.80. The summed E-state index contributed by atoms with van der Waals surface area (Å²) < 4.78 is 5.66. The first kappa shape index (κ1) is 16.1. The Balaban J connectivity index is 2.27. The molecule has 0 N–H and O–H groups in total. The van der Waals surface area contributed by atoms with E-state index in [0.29, 0.717) is 26.7 Å². The van der Waals surface area contributed by atoms with Crippen molar-refractivity contribution in [3.8, 4) is 5.75 Å². The third kappa shape index (κ3) is 3.87. The van der Waals surface area contributed by atoms with Crippen LogP contribution >= 0.6 is 39.1 Å². The highest BCUT2D eigenvalue weighted by atomic mass is 79.9. The average molecular weight is 391 g/mol. The van der Waals surface area contributed by atoms with Crippen LogP contribution < -0.4 is 4.74 Å². The third-order valence-corrected chi connectivity index (χ3v) is 4.02. The predicted molar refractivity (Wildman–Crippen MR) is 86.5 cm³/mol. The van der Waals surface area contributed by atoms with Crippen molar-refractivity contribution in [2.24, 2.45) is 0 Å². The number of rotatable bonds is 5. The smallest absolute Gasteiger partial charge is 0.277 e. The highest BCUT2D eigenvalue weighted by Crippen LogP contribution is 2.30. The first-order valence-corrected chi connectivity index (χ1v) is 7.79. The molecule has 0 amide bonds. The molecular weight excluding hydrogens is 381 g/mol. The number of nitro groups is 1. The van der Waals surface area contributed by atoms with E-state index in [2.05, 4.69) is 15.9 Å². The topological polar surface area (TPSA) is 52.4 Å². The molecule has 2 aromatic carbocycles. The van der Waals surface area contributed by atoms with Crippen LogP contribution in [0.2, 0.25) is 10.0 Å². The van der Waals surface area contributed by atoms with Gasteiger partial charge >= 0.3 is 0 Å². The van der Waals surface area contributed by atoms with E-state index in [1.165, 1.54) is 12.1 Å². The van der Waals surface area contributed by atoms with E-state index in [4.69, 9.17) is 27.9 Å². The van der Waals surface area contributed by atoms with Crippen LogP contribution in [0, 0.1) is 10.1 Å². The quantitative estimate of drug-likeness (QED) is 0.391. The van der Waals surface area contributed by atoms with Gasteiger partial charge in [-0.25, -0.2) is 0 Å². The standard InChI is InChI=1S/C14H10BrCl2NO3/c15-7-9-6-10(16)4-5-14(9)21-8-11-12(17)2-1-3-13(11)18(19)20/h1-6H,7-8H2. The van der Waals surface area contributed by atoms with Gasteiger partial charge in [0.2, 0.25) is 0 Å². The van der Waals surface area contributed by atoms with Gasteiger partial charge in [0, 0.05) is 22.0 Å². The molecule has 2 rings (SSSR count). The number of alkyl halides is 1. The lowest BCUT2D eigenvalue weighted by molar-refractivity contribution is -0.385. The molecule has 2 aromatic rings. The first-order chi connectivity index (χ1) is 10.0. The van der Waals surface area contributed by atoms with Gasteiger partial charge in [0.25, 0.3) is 5.69 Å². The van der Waals surface area contributed by atoms with Gasteiger partial charge in [0.05, 0.1) is 15.5 Å². The van der Waals surface area contributed by atoms with Crippen molar-refractivity contribution in [1.29, 1.82) is 0 Å². The number of nitro benzene ring substituents is 1. The second-order valence-corrected chi connectivity index (χ2v) is 5.57. The molecule has 21 heavy (non-hydrogen) atoms. The number of hydrogen-bond acceptors (Lipinski definition) is 3. The Bertz CT molecular complexity index is 679. The lowest BCUT2D eigenvalue weighted by Gasteiger charge is -2.11. The van der Waals surface area contributed by atoms with Gasteiger partial charge in [-0.3, -0.25) is 10.1 Å². The van der Waals surface area contributed by atoms with Crippen LogP contribution in [0.3, 0.4) is 0 Å². The Kier molecular flexibility index (Phi) is 5.45. The molecule has 0 saturated heterocycles. The van der Waals surface area contributed by atoms with Crippen molar-refractivity contribution in [2.45, 2.75) is 11.9 Å². The summed E-state index contributed by atoms with van der Waals surface area (Å²) in [4.78, 5) is 10.5. The molecule has 0 atom stereocenters. The van der Waals surface area contributed by atoms with Crippen LogP contribution in [-0.2, 0) is 11.9 Å². The van der Waals surface area contributed by atoms with Crippen LogP contribution in [-0.4, -0.2) is 4.92 Å². The second-order valence-electron chi connectivity index (χ2n) is 4.17. The number of halogens is 3. The van der Waals surface area contributed by atoms with E-state index in [9.17, 15) is 10.1 Å². The Morgan fingerprint density at radius 1 is 1.24 bits per heavy atom. The average Bonchev–Trinajstić information content (AvgIpc) is 2.46. The molecule has 0 heterocycles. The zero-order valence-corrected chi connectivity index (χ0v) is 13.8. The van der Waals surface area contributed by atoms with Crippen LogP contribution in [0.15, 0.2) is 36.4 Å². The van der Waals surface area contributed by atoms with Crippen molar-refractivity contribution in [1.82, 2.24) is 0 Å². The van der Waals surface area contributed by atoms with E-state index < -0.39 is 4.92 Å². The molecule has 0 aromatic heterocycles. The second kappa shape index (κ2) is 7.11. The zero-order valence-electron chi connectivity index (χ0n) is 10.7. The molecule has 4 nitrogen and oxygen atoms in total. The molecule has 0 aliphatic carbocycles. The minimum absolute atomic E-state index is 0.0115. The molecule has 0 aliphatic rings. The van der Waals surface area contributed by atoms with Crippen molar-refractivity contribution in [3.05, 3.63) is 67.7 Å².